The van der Waals surface area contributed by atoms with Crippen LogP contribution in [0.5, 0.6) is 0 Å². The van der Waals surface area contributed by atoms with Gasteiger partial charge in [-0.05, 0) is 74.4 Å². The van der Waals surface area contributed by atoms with Gasteiger partial charge in [-0.25, -0.2) is 13.6 Å². The van der Waals surface area contributed by atoms with Gasteiger partial charge in [-0.2, -0.15) is 13.2 Å². The van der Waals surface area contributed by atoms with E-state index in [4.69, 9.17) is 0 Å². The highest BCUT2D eigenvalue weighted by Crippen LogP contribution is 2.36. The molecule has 0 unspecified atom stereocenters. The van der Waals surface area contributed by atoms with Crippen LogP contribution in [0.1, 0.15) is 47.2 Å². The van der Waals surface area contributed by atoms with E-state index in [-0.39, 0.29) is 17.7 Å². The lowest BCUT2D eigenvalue weighted by molar-refractivity contribution is -0.137. The van der Waals surface area contributed by atoms with Crippen LogP contribution in [0.3, 0.4) is 0 Å². The maximum atomic E-state index is 16.1. The molecular formula is C28H28F5N3O3. The molecule has 0 spiro atoms. The molecule has 2 aliphatic heterocycles. The van der Waals surface area contributed by atoms with E-state index in [0.29, 0.717) is 30.5 Å². The van der Waals surface area contributed by atoms with Crippen molar-refractivity contribution in [3.05, 3.63) is 75.1 Å². The average molecular weight is 550 g/mol. The number of halogens is 5. The number of rotatable bonds is 5. The zero-order valence-corrected chi connectivity index (χ0v) is 21.0. The van der Waals surface area contributed by atoms with Crippen LogP contribution >= 0.6 is 0 Å². The molecule has 2 N–H and O–H groups in total. The predicted octanol–water partition coefficient (Wildman–Crippen LogP) is 5.26. The van der Waals surface area contributed by atoms with E-state index in [1.165, 1.54) is 12.1 Å². The fourth-order valence-electron chi connectivity index (χ4n) is 5.95. The smallest absolute Gasteiger partial charge is 0.416 e. The largest absolute Gasteiger partial charge is 0.477 e. The lowest BCUT2D eigenvalue weighted by Gasteiger charge is -2.39. The number of hydrogen-bond donors (Lipinski definition) is 2. The van der Waals surface area contributed by atoms with E-state index >= 15 is 8.78 Å². The number of nitrogens with zero attached hydrogens (tertiary/aromatic N) is 2. The molecule has 1 aromatic heterocycles. The Hall–Kier alpha value is -3.47. The molecule has 2 aromatic carbocycles. The number of benzene rings is 2. The normalized spacial score (nSPS) is 17.6. The quantitative estimate of drug-likeness (QED) is 0.425. The Morgan fingerprint density at radius 1 is 1.00 bits per heavy atom. The fraction of sp³-hybridized carbons (Fsp3) is 0.429. The molecule has 5 rings (SSSR count). The molecular weight excluding hydrogens is 521 g/mol. The zero-order valence-electron chi connectivity index (χ0n) is 21.0. The predicted molar refractivity (Wildman–Crippen MR) is 136 cm³/mol. The van der Waals surface area contributed by atoms with Gasteiger partial charge in [0.25, 0.3) is 0 Å². The topological polar surface area (TPSA) is 74.6 Å². The summed E-state index contributed by atoms with van der Waals surface area (Å²) in [6, 6.07) is 4.99. The number of piperidine rings is 2. The molecule has 3 aromatic rings. The van der Waals surface area contributed by atoms with Gasteiger partial charge in [-0.15, -0.1) is 0 Å². The van der Waals surface area contributed by atoms with Gasteiger partial charge in [0.1, 0.15) is 17.1 Å². The summed E-state index contributed by atoms with van der Waals surface area (Å²) >= 11 is 0. The lowest BCUT2D eigenvalue weighted by atomic mass is 9.79. The number of anilines is 1. The second-order valence-electron chi connectivity index (χ2n) is 10.3. The standard InChI is InChI=1S/C28H28F5N3O3/c29-22-13-20-24(23(30)25(22)35-11-7-18(8-12-35)17-5-9-34-10-6-17)36(15-21(26(20)37)27(38)39)14-16-1-3-19(4-2-16)28(31,32)33/h1-4,13,15,17-18,34H,5-12,14H2,(H,38,39). The average Bonchev–Trinajstić information content (AvgIpc) is 2.90. The zero-order chi connectivity index (χ0) is 27.9. The minimum absolute atomic E-state index is 0.227. The van der Waals surface area contributed by atoms with Crippen molar-refractivity contribution in [1.29, 1.82) is 0 Å². The van der Waals surface area contributed by atoms with E-state index < -0.39 is 45.7 Å². The van der Waals surface area contributed by atoms with Crippen molar-refractivity contribution in [3.8, 4) is 0 Å². The number of pyridine rings is 1. The number of nitrogens with one attached hydrogen (secondary N) is 1. The van der Waals surface area contributed by atoms with Crippen LogP contribution < -0.4 is 15.6 Å². The lowest BCUT2D eigenvalue weighted by Crippen LogP contribution is -2.40. The summed E-state index contributed by atoms with van der Waals surface area (Å²) in [5.74, 6) is -2.49. The minimum Gasteiger partial charge on any atom is -0.477 e. The Morgan fingerprint density at radius 2 is 1.62 bits per heavy atom. The number of aromatic nitrogens is 1. The number of carboxylic acid groups (broad SMARTS) is 1. The third kappa shape index (κ3) is 5.36. The summed E-state index contributed by atoms with van der Waals surface area (Å²) in [7, 11) is 0. The second-order valence-corrected chi connectivity index (χ2v) is 10.3. The molecule has 0 aliphatic carbocycles. The number of carbonyl (C=O) groups is 1. The third-order valence-electron chi connectivity index (χ3n) is 8.00. The van der Waals surface area contributed by atoms with Crippen LogP contribution in [0.15, 0.2) is 41.3 Å². The van der Waals surface area contributed by atoms with E-state index in [1.54, 1.807) is 4.90 Å². The Kier molecular flexibility index (Phi) is 7.37. The number of fused-ring (bicyclic) bond motifs is 1. The summed E-state index contributed by atoms with van der Waals surface area (Å²) in [6.45, 7) is 2.57. The monoisotopic (exact) mass is 549 g/mol. The van der Waals surface area contributed by atoms with Crippen molar-refractivity contribution >= 4 is 22.6 Å². The summed E-state index contributed by atoms with van der Waals surface area (Å²) in [6.07, 6.45) is 0.116. The SMILES string of the molecule is O=C(O)c1cn(Cc2ccc(C(F)(F)F)cc2)c2c(F)c(N3CCC(C4CCNCC4)CC3)c(F)cc2c1=O. The maximum absolute atomic E-state index is 16.1. The highest BCUT2D eigenvalue weighted by atomic mass is 19.4. The molecule has 208 valence electrons. The summed E-state index contributed by atoms with van der Waals surface area (Å²) in [5.41, 5.74) is -2.85. The van der Waals surface area contributed by atoms with Crippen LogP contribution in [0.25, 0.3) is 10.9 Å². The van der Waals surface area contributed by atoms with Crippen molar-refractivity contribution in [3.63, 3.8) is 0 Å². The van der Waals surface area contributed by atoms with E-state index in [9.17, 15) is 27.9 Å². The molecule has 11 heteroatoms. The highest BCUT2D eigenvalue weighted by molar-refractivity contribution is 5.94. The van der Waals surface area contributed by atoms with E-state index in [2.05, 4.69) is 5.32 Å². The maximum Gasteiger partial charge on any atom is 0.416 e. The van der Waals surface area contributed by atoms with Gasteiger partial charge >= 0.3 is 12.1 Å². The van der Waals surface area contributed by atoms with Gasteiger partial charge in [-0.3, -0.25) is 4.79 Å². The fourth-order valence-corrected chi connectivity index (χ4v) is 5.95. The Morgan fingerprint density at radius 3 is 2.21 bits per heavy atom. The van der Waals surface area contributed by atoms with Gasteiger partial charge in [-0.1, -0.05) is 12.1 Å². The molecule has 3 heterocycles. The highest BCUT2D eigenvalue weighted by Gasteiger charge is 2.32. The molecule has 0 amide bonds. The number of alkyl halides is 3. The van der Waals surface area contributed by atoms with Gasteiger partial charge in [0.2, 0.25) is 5.43 Å². The summed E-state index contributed by atoms with van der Waals surface area (Å²) in [4.78, 5) is 26.2. The van der Waals surface area contributed by atoms with Gasteiger partial charge < -0.3 is 19.9 Å². The molecule has 0 saturated carbocycles. The molecule has 0 atom stereocenters. The summed E-state index contributed by atoms with van der Waals surface area (Å²) < 4.78 is 71.6. The van der Waals surface area contributed by atoms with Crippen LogP contribution in [0.2, 0.25) is 0 Å². The first kappa shape index (κ1) is 27.1. The molecule has 2 aliphatic rings. The van der Waals surface area contributed by atoms with Crippen molar-refractivity contribution in [1.82, 2.24) is 9.88 Å². The minimum atomic E-state index is -4.54. The molecule has 0 bridgehead atoms. The summed E-state index contributed by atoms with van der Waals surface area (Å²) in [5, 5.41) is 12.4. The van der Waals surface area contributed by atoms with Crippen LogP contribution in [-0.2, 0) is 12.7 Å². The second kappa shape index (κ2) is 10.6. The van der Waals surface area contributed by atoms with Gasteiger partial charge in [0.15, 0.2) is 5.82 Å². The number of hydrogen-bond acceptors (Lipinski definition) is 4. The third-order valence-corrected chi connectivity index (χ3v) is 8.00. The van der Waals surface area contributed by atoms with Gasteiger partial charge in [0.05, 0.1) is 16.5 Å². The number of carboxylic acids is 1. The van der Waals surface area contributed by atoms with Crippen LogP contribution in [0, 0.1) is 23.5 Å². The Bertz CT molecular complexity index is 1440. The first-order valence-electron chi connectivity index (χ1n) is 12.9. The van der Waals surface area contributed by atoms with Gasteiger partial charge in [0, 0.05) is 25.8 Å². The first-order chi connectivity index (χ1) is 18.5. The van der Waals surface area contributed by atoms with E-state index in [0.717, 1.165) is 67.7 Å². The molecule has 2 fully saturated rings. The van der Waals surface area contributed by atoms with Crippen molar-refractivity contribution < 1.29 is 31.9 Å². The number of aromatic carboxylic acids is 1. The van der Waals surface area contributed by atoms with Crippen LogP contribution in [0.4, 0.5) is 27.6 Å². The van der Waals surface area contributed by atoms with Crippen molar-refractivity contribution in [2.24, 2.45) is 11.8 Å². The molecule has 2 saturated heterocycles. The Balaban J connectivity index is 1.53. The molecule has 39 heavy (non-hydrogen) atoms. The molecule has 6 nitrogen and oxygen atoms in total. The molecule has 0 radical (unpaired) electrons. The van der Waals surface area contributed by atoms with Crippen LogP contribution in [-0.4, -0.2) is 41.8 Å². The van der Waals surface area contributed by atoms with Crippen molar-refractivity contribution in [2.75, 3.05) is 31.1 Å². The Labute approximate surface area is 221 Å². The van der Waals surface area contributed by atoms with Crippen molar-refractivity contribution in [2.45, 2.75) is 38.4 Å². The van der Waals surface area contributed by atoms with E-state index in [1.807, 2.05) is 0 Å². The first-order valence-corrected chi connectivity index (χ1v) is 12.9.